The van der Waals surface area contributed by atoms with E-state index in [4.69, 9.17) is 4.74 Å². The van der Waals surface area contributed by atoms with Gasteiger partial charge in [-0.05, 0) is 24.3 Å². The monoisotopic (exact) mass is 282 g/mol. The number of rotatable bonds is 4. The van der Waals surface area contributed by atoms with Crippen LogP contribution in [0, 0.1) is 17.5 Å². The van der Waals surface area contributed by atoms with Crippen LogP contribution in [-0.2, 0) is 6.42 Å². The van der Waals surface area contributed by atoms with Gasteiger partial charge in [0.15, 0.2) is 0 Å². The minimum atomic E-state index is -1.34. The van der Waals surface area contributed by atoms with Gasteiger partial charge in [-0.1, -0.05) is 6.07 Å². The van der Waals surface area contributed by atoms with Gasteiger partial charge in [0, 0.05) is 23.6 Å². The molecule has 0 fully saturated rings. The van der Waals surface area contributed by atoms with Crippen molar-refractivity contribution in [2.75, 3.05) is 7.11 Å². The number of methoxy groups -OCH3 is 1. The maximum Gasteiger partial charge on any atom is 0.132 e. The zero-order valence-corrected chi connectivity index (χ0v) is 10.7. The molecule has 2 nitrogen and oxygen atoms in total. The van der Waals surface area contributed by atoms with Crippen molar-refractivity contribution in [3.05, 3.63) is 65.0 Å². The minimum Gasteiger partial charge on any atom is -0.497 e. The van der Waals surface area contributed by atoms with Crippen molar-refractivity contribution in [1.82, 2.24) is 0 Å². The Hall–Kier alpha value is -2.01. The van der Waals surface area contributed by atoms with Gasteiger partial charge in [0.05, 0.1) is 13.2 Å². The largest absolute Gasteiger partial charge is 0.497 e. The highest BCUT2D eigenvalue weighted by atomic mass is 19.1. The van der Waals surface area contributed by atoms with Crippen molar-refractivity contribution in [2.45, 2.75) is 12.5 Å². The van der Waals surface area contributed by atoms with E-state index in [9.17, 15) is 18.3 Å². The molecule has 0 heterocycles. The summed E-state index contributed by atoms with van der Waals surface area (Å²) >= 11 is 0. The van der Waals surface area contributed by atoms with Crippen LogP contribution in [0.5, 0.6) is 5.75 Å². The van der Waals surface area contributed by atoms with Crippen molar-refractivity contribution < 1.29 is 23.0 Å². The molecule has 0 aromatic heterocycles. The van der Waals surface area contributed by atoms with E-state index >= 15 is 0 Å². The summed E-state index contributed by atoms with van der Waals surface area (Å²) in [6.45, 7) is 0. The second-order valence-electron chi connectivity index (χ2n) is 4.31. The summed E-state index contributed by atoms with van der Waals surface area (Å²) in [5.41, 5.74) is -0.302. The lowest BCUT2D eigenvalue weighted by atomic mass is 10.00. The third kappa shape index (κ3) is 2.93. The fourth-order valence-electron chi connectivity index (χ4n) is 1.94. The van der Waals surface area contributed by atoms with E-state index < -0.39 is 23.6 Å². The van der Waals surface area contributed by atoms with Gasteiger partial charge in [-0.15, -0.1) is 0 Å². The van der Waals surface area contributed by atoms with Gasteiger partial charge in [-0.2, -0.15) is 0 Å². The van der Waals surface area contributed by atoms with Crippen LogP contribution in [-0.4, -0.2) is 12.2 Å². The Kier molecular flexibility index (Phi) is 4.29. The smallest absolute Gasteiger partial charge is 0.132 e. The summed E-state index contributed by atoms with van der Waals surface area (Å²) in [6, 6.07) is 7.33. The first-order chi connectivity index (χ1) is 9.52. The van der Waals surface area contributed by atoms with Crippen LogP contribution >= 0.6 is 0 Å². The molecule has 1 N–H and O–H groups in total. The second kappa shape index (κ2) is 5.96. The molecule has 0 radical (unpaired) electrons. The Balaban J connectivity index is 2.26. The maximum atomic E-state index is 13.8. The number of ether oxygens (including phenoxy) is 1. The Bertz CT molecular complexity index is 594. The molecule has 0 saturated carbocycles. The molecule has 0 amide bonds. The Morgan fingerprint density at radius 3 is 2.25 bits per heavy atom. The first-order valence-corrected chi connectivity index (χ1v) is 5.97. The van der Waals surface area contributed by atoms with E-state index in [0.29, 0.717) is 5.75 Å². The van der Waals surface area contributed by atoms with Crippen LogP contribution in [0.1, 0.15) is 17.2 Å². The molecule has 1 atom stereocenters. The maximum absolute atomic E-state index is 13.8. The summed E-state index contributed by atoms with van der Waals surface area (Å²) in [7, 11) is 1.39. The normalized spacial score (nSPS) is 12.2. The highest BCUT2D eigenvalue weighted by molar-refractivity contribution is 5.31. The van der Waals surface area contributed by atoms with E-state index in [1.807, 2.05) is 0 Å². The Morgan fingerprint density at radius 2 is 1.70 bits per heavy atom. The fourth-order valence-corrected chi connectivity index (χ4v) is 1.94. The second-order valence-corrected chi connectivity index (χ2v) is 4.31. The van der Waals surface area contributed by atoms with Crippen molar-refractivity contribution in [2.24, 2.45) is 0 Å². The fraction of sp³-hybridized carbons (Fsp3) is 0.200. The topological polar surface area (TPSA) is 29.5 Å². The van der Waals surface area contributed by atoms with Gasteiger partial charge in [-0.25, -0.2) is 13.2 Å². The van der Waals surface area contributed by atoms with Crippen LogP contribution in [0.25, 0.3) is 0 Å². The van der Waals surface area contributed by atoms with E-state index in [-0.39, 0.29) is 17.5 Å². The first-order valence-electron chi connectivity index (χ1n) is 5.97. The van der Waals surface area contributed by atoms with E-state index in [0.717, 1.165) is 18.2 Å². The molecule has 2 aromatic rings. The van der Waals surface area contributed by atoms with E-state index in [1.54, 1.807) is 0 Å². The Labute approximate surface area is 114 Å². The van der Waals surface area contributed by atoms with Gasteiger partial charge in [-0.3, -0.25) is 0 Å². The molecular formula is C15H13F3O2. The quantitative estimate of drug-likeness (QED) is 0.931. The molecule has 106 valence electrons. The standard InChI is InChI=1S/C15H13F3O2/c1-20-9-5-6-10(14(18)7-9)15(19)8-11-12(16)3-2-4-13(11)17/h2-7,15,19H,8H2,1H3. The molecule has 2 aromatic carbocycles. The first kappa shape index (κ1) is 14.4. The zero-order valence-electron chi connectivity index (χ0n) is 10.7. The summed E-state index contributed by atoms with van der Waals surface area (Å²) in [4.78, 5) is 0. The highest BCUT2D eigenvalue weighted by Gasteiger charge is 2.18. The number of hydrogen-bond donors (Lipinski definition) is 1. The van der Waals surface area contributed by atoms with Crippen molar-refractivity contribution in [1.29, 1.82) is 0 Å². The summed E-state index contributed by atoms with van der Waals surface area (Å²) in [6.07, 6.45) is -1.69. The molecule has 1 unspecified atom stereocenters. The molecule has 0 spiro atoms. The molecule has 0 bridgehead atoms. The Morgan fingerprint density at radius 1 is 1.05 bits per heavy atom. The molecule has 0 aliphatic heterocycles. The average Bonchev–Trinajstić information content (AvgIpc) is 2.42. The summed E-state index contributed by atoms with van der Waals surface area (Å²) in [5.74, 6) is -1.92. The van der Waals surface area contributed by atoms with Crippen LogP contribution in [0.3, 0.4) is 0 Å². The summed E-state index contributed by atoms with van der Waals surface area (Å²) < 4.78 is 45.6. The third-order valence-corrected chi connectivity index (χ3v) is 3.03. The zero-order chi connectivity index (χ0) is 14.7. The van der Waals surface area contributed by atoms with Crippen molar-refractivity contribution in [3.8, 4) is 5.75 Å². The molecular weight excluding hydrogens is 269 g/mol. The molecule has 0 aliphatic carbocycles. The SMILES string of the molecule is COc1ccc(C(O)Cc2c(F)cccc2F)c(F)c1. The van der Waals surface area contributed by atoms with Crippen molar-refractivity contribution in [3.63, 3.8) is 0 Å². The van der Waals surface area contributed by atoms with Gasteiger partial charge in [0.1, 0.15) is 23.2 Å². The van der Waals surface area contributed by atoms with Crippen LogP contribution < -0.4 is 4.74 Å². The minimum absolute atomic E-state index is 0.0338. The molecule has 5 heteroatoms. The van der Waals surface area contributed by atoms with E-state index in [2.05, 4.69) is 0 Å². The van der Waals surface area contributed by atoms with Gasteiger partial charge in [0.25, 0.3) is 0 Å². The van der Waals surface area contributed by atoms with E-state index in [1.165, 1.54) is 25.3 Å². The lowest BCUT2D eigenvalue weighted by Crippen LogP contribution is -2.07. The van der Waals surface area contributed by atoms with Crippen LogP contribution in [0.15, 0.2) is 36.4 Å². The highest BCUT2D eigenvalue weighted by Crippen LogP contribution is 2.26. The molecule has 0 aliphatic rings. The molecule has 2 rings (SSSR count). The third-order valence-electron chi connectivity index (χ3n) is 3.03. The molecule has 20 heavy (non-hydrogen) atoms. The number of hydrogen-bond acceptors (Lipinski definition) is 2. The summed E-state index contributed by atoms with van der Waals surface area (Å²) in [5, 5.41) is 9.95. The van der Waals surface area contributed by atoms with Gasteiger partial charge < -0.3 is 9.84 Å². The van der Waals surface area contributed by atoms with Gasteiger partial charge in [0.2, 0.25) is 0 Å². The van der Waals surface area contributed by atoms with Crippen LogP contribution in [0.4, 0.5) is 13.2 Å². The lowest BCUT2D eigenvalue weighted by Gasteiger charge is -2.14. The average molecular weight is 282 g/mol. The van der Waals surface area contributed by atoms with Crippen LogP contribution in [0.2, 0.25) is 0 Å². The number of aliphatic hydroxyl groups is 1. The van der Waals surface area contributed by atoms with Crippen molar-refractivity contribution >= 4 is 0 Å². The molecule has 0 saturated heterocycles. The van der Waals surface area contributed by atoms with Gasteiger partial charge >= 0.3 is 0 Å². The number of halogens is 3. The number of benzene rings is 2. The number of aliphatic hydroxyl groups excluding tert-OH is 1. The predicted octanol–water partition coefficient (Wildman–Crippen LogP) is 3.39. The lowest BCUT2D eigenvalue weighted by molar-refractivity contribution is 0.170. The predicted molar refractivity (Wildman–Crippen MR) is 68.0 cm³/mol.